The number of rotatable bonds is 8. The monoisotopic (exact) mass is 595 g/mol. The number of hydrogen-bond acceptors (Lipinski definition) is 8. The van der Waals surface area contributed by atoms with E-state index in [1.807, 2.05) is 42.5 Å². The van der Waals surface area contributed by atoms with Crippen LogP contribution in [0.25, 0.3) is 10.1 Å². The van der Waals surface area contributed by atoms with E-state index >= 15 is 0 Å². The van der Waals surface area contributed by atoms with Crippen molar-refractivity contribution in [1.29, 1.82) is 0 Å². The molecule has 1 unspecified atom stereocenters. The molecule has 0 spiro atoms. The Morgan fingerprint density at radius 3 is 2.49 bits per heavy atom. The smallest absolute Gasteiger partial charge is 0.271 e. The van der Waals surface area contributed by atoms with Gasteiger partial charge in [-0.2, -0.15) is 0 Å². The minimum Gasteiger partial charge on any atom is -0.364 e. The number of carbonyl (C=O) groups is 2. The number of aromatic nitrogens is 2. The molecule has 4 aromatic rings. The lowest BCUT2D eigenvalue weighted by Crippen LogP contribution is -2.48. The number of benzene rings is 2. The quantitative estimate of drug-likeness (QED) is 0.254. The van der Waals surface area contributed by atoms with Crippen LogP contribution < -0.4 is 21.3 Å². The summed E-state index contributed by atoms with van der Waals surface area (Å²) in [6.45, 7) is 3.76. The Bertz CT molecular complexity index is 1590. The number of amides is 2. The molecule has 4 heterocycles. The summed E-state index contributed by atoms with van der Waals surface area (Å²) in [5.41, 5.74) is 7.96. The normalized spacial score (nSPS) is 19.8. The number of nitrogens with two attached hydrogens (primary N) is 1. The van der Waals surface area contributed by atoms with E-state index in [0.717, 1.165) is 41.2 Å². The molecule has 1 saturated carbocycles. The second kappa shape index (κ2) is 11.9. The van der Waals surface area contributed by atoms with Crippen molar-refractivity contribution in [2.24, 2.45) is 5.73 Å². The molecular formula is C33H37N7O2S. The van der Waals surface area contributed by atoms with Gasteiger partial charge in [-0.05, 0) is 92.7 Å². The number of thiophene rings is 1. The summed E-state index contributed by atoms with van der Waals surface area (Å²) in [5.74, 6) is 0.884. The van der Waals surface area contributed by atoms with Crippen molar-refractivity contribution in [1.82, 2.24) is 20.2 Å². The Morgan fingerprint density at radius 1 is 0.953 bits per heavy atom. The van der Waals surface area contributed by atoms with Crippen molar-refractivity contribution in [3.63, 3.8) is 0 Å². The number of hydrogen-bond donors (Lipinski definition) is 3. The van der Waals surface area contributed by atoms with Crippen LogP contribution in [-0.4, -0.2) is 64.9 Å². The Balaban J connectivity index is 1.02. The zero-order chi connectivity index (χ0) is 29.3. The number of piperidine rings is 2. The van der Waals surface area contributed by atoms with Crippen LogP contribution in [0, 0.1) is 0 Å². The zero-order valence-electron chi connectivity index (χ0n) is 24.2. The van der Waals surface area contributed by atoms with E-state index < -0.39 is 5.91 Å². The van der Waals surface area contributed by atoms with Crippen LogP contribution in [-0.2, 0) is 0 Å². The maximum atomic E-state index is 13.1. The van der Waals surface area contributed by atoms with E-state index in [1.54, 1.807) is 6.20 Å². The highest BCUT2D eigenvalue weighted by Gasteiger charge is 2.32. The fourth-order valence-electron chi connectivity index (χ4n) is 6.47. The van der Waals surface area contributed by atoms with Crippen LogP contribution in [0.15, 0.2) is 60.8 Å². The third-order valence-electron chi connectivity index (χ3n) is 8.96. The molecule has 2 saturated heterocycles. The largest absolute Gasteiger partial charge is 0.364 e. The molecule has 43 heavy (non-hydrogen) atoms. The van der Waals surface area contributed by atoms with E-state index in [2.05, 4.69) is 37.6 Å². The van der Waals surface area contributed by atoms with E-state index in [9.17, 15) is 9.59 Å². The average molecular weight is 596 g/mol. The lowest BCUT2D eigenvalue weighted by atomic mass is 9.89. The SMILES string of the molecule is NC(=O)c1ncc(N2CCCC(NC(=O)c3cc4ccccc4s3)C2)nc1Nc1ccc(C2CCN(C3CC3)CC2)cc1. The molecule has 0 bridgehead atoms. The predicted molar refractivity (Wildman–Crippen MR) is 171 cm³/mol. The number of nitrogens with one attached hydrogen (secondary N) is 2. The van der Waals surface area contributed by atoms with Gasteiger partial charge in [0, 0.05) is 35.6 Å². The van der Waals surface area contributed by atoms with Gasteiger partial charge in [-0.25, -0.2) is 9.97 Å². The molecular weight excluding hydrogens is 558 g/mol. The highest BCUT2D eigenvalue weighted by atomic mass is 32.1. The first-order valence-electron chi connectivity index (χ1n) is 15.3. The molecule has 2 amide bonds. The summed E-state index contributed by atoms with van der Waals surface area (Å²) in [4.78, 5) is 39.9. The maximum absolute atomic E-state index is 13.1. The number of nitrogens with zero attached hydrogens (tertiary/aromatic N) is 4. The summed E-state index contributed by atoms with van der Waals surface area (Å²) in [6, 6.07) is 19.2. The van der Waals surface area contributed by atoms with Gasteiger partial charge >= 0.3 is 0 Å². The van der Waals surface area contributed by atoms with Gasteiger partial charge in [0.15, 0.2) is 11.5 Å². The van der Waals surface area contributed by atoms with Gasteiger partial charge in [0.05, 0.1) is 11.1 Å². The van der Waals surface area contributed by atoms with Crippen LogP contribution in [0.4, 0.5) is 17.3 Å². The van der Waals surface area contributed by atoms with Crippen molar-refractivity contribution in [2.75, 3.05) is 36.4 Å². The average Bonchev–Trinajstić information content (AvgIpc) is 3.79. The van der Waals surface area contributed by atoms with Crippen LogP contribution in [0.3, 0.4) is 0 Å². The van der Waals surface area contributed by atoms with E-state index in [0.29, 0.717) is 29.0 Å². The third-order valence-corrected chi connectivity index (χ3v) is 10.1. The first kappa shape index (κ1) is 27.8. The topological polar surface area (TPSA) is 116 Å². The number of primary amides is 1. The van der Waals surface area contributed by atoms with Gasteiger partial charge in [0.25, 0.3) is 11.8 Å². The third kappa shape index (κ3) is 6.21. The molecule has 1 aliphatic carbocycles. The second-order valence-corrected chi connectivity index (χ2v) is 13.1. The molecule has 10 heteroatoms. The number of carbonyl (C=O) groups excluding carboxylic acids is 2. The Kier molecular flexibility index (Phi) is 7.71. The van der Waals surface area contributed by atoms with E-state index in [1.165, 1.54) is 55.7 Å². The van der Waals surface area contributed by atoms with Gasteiger partial charge < -0.3 is 26.2 Å². The van der Waals surface area contributed by atoms with Gasteiger partial charge in [-0.1, -0.05) is 30.3 Å². The van der Waals surface area contributed by atoms with E-state index in [4.69, 9.17) is 10.7 Å². The van der Waals surface area contributed by atoms with Crippen molar-refractivity contribution >= 4 is 50.6 Å². The Hall–Kier alpha value is -4.02. The van der Waals surface area contributed by atoms with Gasteiger partial charge in [0.1, 0.15) is 5.82 Å². The molecule has 2 aromatic carbocycles. The Morgan fingerprint density at radius 2 is 1.74 bits per heavy atom. The fourth-order valence-corrected chi connectivity index (χ4v) is 7.43. The van der Waals surface area contributed by atoms with Crippen molar-refractivity contribution < 1.29 is 9.59 Å². The number of fused-ring (bicyclic) bond motifs is 1. The molecule has 222 valence electrons. The zero-order valence-corrected chi connectivity index (χ0v) is 25.0. The minimum absolute atomic E-state index is 0.0239. The van der Waals surface area contributed by atoms with Crippen LogP contribution in [0.1, 0.15) is 70.2 Å². The molecule has 2 aliphatic heterocycles. The predicted octanol–water partition coefficient (Wildman–Crippen LogP) is 5.27. The van der Waals surface area contributed by atoms with Crippen LogP contribution in [0.2, 0.25) is 0 Å². The highest BCUT2D eigenvalue weighted by molar-refractivity contribution is 7.20. The molecule has 3 fully saturated rings. The molecule has 3 aliphatic rings. The van der Waals surface area contributed by atoms with Crippen LogP contribution in [0.5, 0.6) is 0 Å². The first-order chi connectivity index (χ1) is 21.0. The summed E-state index contributed by atoms with van der Waals surface area (Å²) in [7, 11) is 0. The van der Waals surface area contributed by atoms with Gasteiger partial charge in [-0.3, -0.25) is 9.59 Å². The van der Waals surface area contributed by atoms with Crippen molar-refractivity contribution in [3.05, 3.63) is 76.9 Å². The lowest BCUT2D eigenvalue weighted by Gasteiger charge is -2.34. The molecule has 7 rings (SSSR count). The fraction of sp³-hybridized carbons (Fsp3) is 0.394. The summed E-state index contributed by atoms with van der Waals surface area (Å²) in [5, 5.41) is 7.59. The number of likely N-dealkylation sites (tertiary alicyclic amines) is 1. The summed E-state index contributed by atoms with van der Waals surface area (Å²) in [6.07, 6.45) is 8.51. The van der Waals surface area contributed by atoms with Crippen molar-refractivity contribution in [2.45, 2.75) is 56.5 Å². The molecule has 1 atom stereocenters. The molecule has 2 aromatic heterocycles. The standard InChI is InChI=1S/C33H37N7O2S/c34-31(41)30-32(36-24-9-7-21(8-10-24)22-13-16-39(17-14-22)26-11-12-26)38-29(19-35-30)40-15-3-5-25(20-40)37-33(42)28-18-23-4-1-2-6-27(23)43-28/h1-2,4,6-10,18-19,22,25-26H,3,5,11-17,20H2,(H2,34,41)(H,36,38)(H,37,42). The van der Waals surface area contributed by atoms with Gasteiger partial charge in [0.2, 0.25) is 0 Å². The summed E-state index contributed by atoms with van der Waals surface area (Å²) >= 11 is 1.51. The Labute approximate surface area is 255 Å². The second-order valence-electron chi connectivity index (χ2n) is 12.0. The van der Waals surface area contributed by atoms with E-state index in [-0.39, 0.29) is 17.6 Å². The molecule has 0 radical (unpaired) electrons. The maximum Gasteiger partial charge on any atom is 0.271 e. The van der Waals surface area contributed by atoms with Crippen LogP contribution >= 0.6 is 11.3 Å². The highest BCUT2D eigenvalue weighted by Crippen LogP contribution is 2.35. The summed E-state index contributed by atoms with van der Waals surface area (Å²) < 4.78 is 1.10. The lowest BCUT2D eigenvalue weighted by molar-refractivity contribution is 0.0936. The molecule has 9 nitrogen and oxygen atoms in total. The minimum atomic E-state index is -0.632. The first-order valence-corrected chi connectivity index (χ1v) is 16.1. The van der Waals surface area contributed by atoms with Gasteiger partial charge in [-0.15, -0.1) is 11.3 Å². The number of anilines is 3. The molecule has 4 N–H and O–H groups in total. The van der Waals surface area contributed by atoms with Crippen molar-refractivity contribution in [3.8, 4) is 0 Å².